The Bertz CT molecular complexity index is 1090. The number of amides is 2. The van der Waals surface area contributed by atoms with Gasteiger partial charge < -0.3 is 15.2 Å². The average molecular weight is 503 g/mol. The first-order chi connectivity index (χ1) is 15.1. The SMILES string of the molecule is COC(=O)[C@@H](N)Cc1ccc(Oc2ccc(/C=C3\SC(=O)NC3=O)c(C(F)(F)F)c2)cc1.Cl. The van der Waals surface area contributed by atoms with Crippen molar-refractivity contribution in [2.75, 3.05) is 7.11 Å². The van der Waals surface area contributed by atoms with Crippen molar-refractivity contribution in [3.63, 3.8) is 0 Å². The Morgan fingerprint density at radius 3 is 2.33 bits per heavy atom. The van der Waals surface area contributed by atoms with Gasteiger partial charge in [-0.3, -0.25) is 19.7 Å². The fourth-order valence-corrected chi connectivity index (χ4v) is 3.52. The van der Waals surface area contributed by atoms with Gasteiger partial charge in [-0.25, -0.2) is 0 Å². The van der Waals surface area contributed by atoms with E-state index >= 15 is 0 Å². The first kappa shape index (κ1) is 26.2. The zero-order valence-electron chi connectivity index (χ0n) is 17.0. The number of alkyl halides is 3. The van der Waals surface area contributed by atoms with Crippen LogP contribution in [0.5, 0.6) is 11.5 Å². The number of carbonyl (C=O) groups is 3. The highest BCUT2D eigenvalue weighted by Crippen LogP contribution is 2.38. The van der Waals surface area contributed by atoms with Crippen molar-refractivity contribution in [1.29, 1.82) is 0 Å². The van der Waals surface area contributed by atoms with E-state index in [4.69, 9.17) is 10.5 Å². The van der Waals surface area contributed by atoms with Crippen LogP contribution >= 0.6 is 24.2 Å². The van der Waals surface area contributed by atoms with Crippen LogP contribution in [0.4, 0.5) is 18.0 Å². The lowest BCUT2D eigenvalue weighted by Gasteiger charge is -2.14. The molecular weight excluding hydrogens is 485 g/mol. The summed E-state index contributed by atoms with van der Waals surface area (Å²) in [4.78, 5) is 34.2. The summed E-state index contributed by atoms with van der Waals surface area (Å²) in [7, 11) is 1.23. The number of ether oxygens (including phenoxy) is 2. The number of imide groups is 1. The van der Waals surface area contributed by atoms with Crippen molar-refractivity contribution in [2.45, 2.75) is 18.6 Å². The summed E-state index contributed by atoms with van der Waals surface area (Å²) in [5.41, 5.74) is 5.13. The van der Waals surface area contributed by atoms with Gasteiger partial charge in [0.15, 0.2) is 0 Å². The number of halogens is 4. The third kappa shape index (κ3) is 6.73. The van der Waals surface area contributed by atoms with E-state index in [0.717, 1.165) is 23.8 Å². The Kier molecular flexibility index (Phi) is 8.53. The summed E-state index contributed by atoms with van der Waals surface area (Å²) < 4.78 is 50.8. The molecule has 0 spiro atoms. The first-order valence-electron chi connectivity index (χ1n) is 9.13. The van der Waals surface area contributed by atoms with Gasteiger partial charge in [-0.05, 0) is 59.7 Å². The number of nitrogens with one attached hydrogen (secondary N) is 1. The number of esters is 1. The topological polar surface area (TPSA) is 108 Å². The summed E-state index contributed by atoms with van der Waals surface area (Å²) in [6, 6.07) is 8.79. The molecule has 1 atom stereocenters. The Morgan fingerprint density at radius 2 is 1.79 bits per heavy atom. The summed E-state index contributed by atoms with van der Waals surface area (Å²) in [6.45, 7) is 0. The normalized spacial score (nSPS) is 15.6. The number of rotatable bonds is 6. The summed E-state index contributed by atoms with van der Waals surface area (Å²) in [5.74, 6) is -1.10. The molecule has 3 rings (SSSR count). The minimum Gasteiger partial charge on any atom is -0.468 e. The fourth-order valence-electron chi connectivity index (χ4n) is 2.85. The van der Waals surface area contributed by atoms with Crippen molar-refractivity contribution in [3.05, 3.63) is 64.1 Å². The molecule has 1 aliphatic heterocycles. The van der Waals surface area contributed by atoms with Crippen LogP contribution in [0.2, 0.25) is 0 Å². The highest BCUT2D eigenvalue weighted by Gasteiger charge is 2.34. The Labute approximate surface area is 196 Å². The molecule has 0 saturated carbocycles. The minimum atomic E-state index is -4.72. The number of benzene rings is 2. The molecule has 0 bridgehead atoms. The van der Waals surface area contributed by atoms with Gasteiger partial charge in [-0.2, -0.15) is 13.2 Å². The lowest BCUT2D eigenvalue weighted by Crippen LogP contribution is -2.33. The van der Waals surface area contributed by atoms with Crippen LogP contribution in [-0.4, -0.2) is 30.3 Å². The van der Waals surface area contributed by atoms with E-state index in [-0.39, 0.29) is 40.8 Å². The molecule has 1 saturated heterocycles. The van der Waals surface area contributed by atoms with E-state index in [1.807, 2.05) is 5.32 Å². The van der Waals surface area contributed by atoms with Crippen LogP contribution in [0.1, 0.15) is 16.7 Å². The molecule has 33 heavy (non-hydrogen) atoms. The Hall–Kier alpha value is -3.02. The lowest BCUT2D eigenvalue weighted by atomic mass is 10.1. The Morgan fingerprint density at radius 1 is 1.15 bits per heavy atom. The fraction of sp³-hybridized carbons (Fsp3) is 0.190. The summed E-state index contributed by atoms with van der Waals surface area (Å²) >= 11 is 0.528. The molecule has 2 aromatic rings. The monoisotopic (exact) mass is 502 g/mol. The van der Waals surface area contributed by atoms with Crippen molar-refractivity contribution in [1.82, 2.24) is 5.32 Å². The number of methoxy groups -OCH3 is 1. The number of hydrogen-bond acceptors (Lipinski definition) is 7. The molecule has 12 heteroatoms. The zero-order valence-corrected chi connectivity index (χ0v) is 18.6. The molecule has 0 unspecified atom stereocenters. The number of nitrogens with two attached hydrogens (primary N) is 1. The van der Waals surface area contributed by atoms with Crippen molar-refractivity contribution in [2.24, 2.45) is 5.73 Å². The lowest BCUT2D eigenvalue weighted by molar-refractivity contribution is -0.142. The van der Waals surface area contributed by atoms with Crippen LogP contribution < -0.4 is 15.8 Å². The van der Waals surface area contributed by atoms with Crippen LogP contribution in [0.25, 0.3) is 6.08 Å². The van der Waals surface area contributed by atoms with Gasteiger partial charge >= 0.3 is 12.1 Å². The highest BCUT2D eigenvalue weighted by molar-refractivity contribution is 8.18. The molecule has 3 N–H and O–H groups in total. The maximum Gasteiger partial charge on any atom is 0.417 e. The number of thioether (sulfide) groups is 1. The molecular formula is C21H18ClF3N2O5S. The molecule has 7 nitrogen and oxygen atoms in total. The van der Waals surface area contributed by atoms with E-state index < -0.39 is 34.9 Å². The molecule has 1 heterocycles. The van der Waals surface area contributed by atoms with Crippen LogP contribution in [0.3, 0.4) is 0 Å². The van der Waals surface area contributed by atoms with E-state index in [1.165, 1.54) is 25.3 Å². The van der Waals surface area contributed by atoms with E-state index in [1.54, 1.807) is 12.1 Å². The molecule has 0 aliphatic carbocycles. The molecule has 2 aromatic carbocycles. The van der Waals surface area contributed by atoms with Crippen LogP contribution in [-0.2, 0) is 26.9 Å². The highest BCUT2D eigenvalue weighted by atomic mass is 35.5. The largest absolute Gasteiger partial charge is 0.468 e. The second-order valence-corrected chi connectivity index (χ2v) is 7.69. The van der Waals surface area contributed by atoms with Gasteiger partial charge in [-0.15, -0.1) is 12.4 Å². The molecule has 1 aliphatic rings. The number of hydrogen-bond donors (Lipinski definition) is 2. The number of carbonyl (C=O) groups excluding carboxylic acids is 3. The van der Waals surface area contributed by atoms with E-state index in [9.17, 15) is 27.6 Å². The molecule has 0 radical (unpaired) electrons. The average Bonchev–Trinajstić information content (AvgIpc) is 3.05. The van der Waals surface area contributed by atoms with Crippen molar-refractivity contribution >= 4 is 47.4 Å². The second-order valence-electron chi connectivity index (χ2n) is 6.68. The quantitative estimate of drug-likeness (QED) is 0.448. The maximum atomic E-state index is 13.6. The van der Waals surface area contributed by atoms with Gasteiger partial charge in [-0.1, -0.05) is 18.2 Å². The van der Waals surface area contributed by atoms with Gasteiger partial charge in [0, 0.05) is 0 Å². The van der Waals surface area contributed by atoms with Gasteiger partial charge in [0.1, 0.15) is 17.5 Å². The predicted octanol–water partition coefficient (Wildman–Crippen LogP) is 4.29. The first-order valence-corrected chi connectivity index (χ1v) is 9.95. The second kappa shape index (κ2) is 10.7. The van der Waals surface area contributed by atoms with E-state index in [0.29, 0.717) is 11.8 Å². The zero-order chi connectivity index (χ0) is 23.5. The minimum absolute atomic E-state index is 0. The summed E-state index contributed by atoms with van der Waals surface area (Å²) in [6.07, 6.45) is -3.48. The molecule has 1 fully saturated rings. The third-order valence-electron chi connectivity index (χ3n) is 4.38. The van der Waals surface area contributed by atoms with Gasteiger partial charge in [0.05, 0.1) is 17.6 Å². The molecule has 176 valence electrons. The predicted molar refractivity (Wildman–Crippen MR) is 118 cm³/mol. The summed E-state index contributed by atoms with van der Waals surface area (Å²) in [5, 5.41) is 1.34. The van der Waals surface area contributed by atoms with Crippen LogP contribution in [0.15, 0.2) is 47.4 Å². The third-order valence-corrected chi connectivity index (χ3v) is 5.19. The molecule has 2 amide bonds. The van der Waals surface area contributed by atoms with Gasteiger partial charge in [0.2, 0.25) is 0 Å². The van der Waals surface area contributed by atoms with Crippen molar-refractivity contribution < 1.29 is 37.0 Å². The Balaban J connectivity index is 0.00000385. The van der Waals surface area contributed by atoms with E-state index in [2.05, 4.69) is 4.74 Å². The molecule has 0 aromatic heterocycles. The smallest absolute Gasteiger partial charge is 0.417 e. The van der Waals surface area contributed by atoms with Crippen LogP contribution in [0, 0.1) is 0 Å². The van der Waals surface area contributed by atoms with Crippen molar-refractivity contribution in [3.8, 4) is 11.5 Å². The maximum absolute atomic E-state index is 13.6. The standard InChI is InChI=1S/C21H17F3N2O5S.ClH/c1-30-19(28)16(25)8-11-2-5-13(6-3-11)31-14-7-4-12(15(10-14)21(22,23)24)9-17-18(27)26-20(29)32-17;/h2-7,9-10,16H,8,25H2,1H3,(H,26,27,29);1H/b17-9-;/t16-;/m0./s1. The van der Waals surface area contributed by atoms with Gasteiger partial charge in [0.25, 0.3) is 11.1 Å².